The van der Waals surface area contributed by atoms with E-state index >= 15 is 0 Å². The Hall–Kier alpha value is -0.780. The third kappa shape index (κ3) is 4.17. The molecule has 0 aliphatic heterocycles. The summed E-state index contributed by atoms with van der Waals surface area (Å²) < 4.78 is 0. The number of allylic oxidation sites excluding steroid dienone is 2. The fraction of sp³-hybridized carbons (Fsp3) is 0.600. The smallest absolute Gasteiger partial charge is 0.158 e. The summed E-state index contributed by atoms with van der Waals surface area (Å²) in [6, 6.07) is 0. The molecule has 0 radical (unpaired) electrons. The van der Waals surface area contributed by atoms with E-state index in [9.17, 15) is 0 Å². The summed E-state index contributed by atoms with van der Waals surface area (Å²) in [5, 5.41) is 8.43. The Morgan fingerprint density at radius 1 is 1.25 bits per heavy atom. The molecule has 2 heteroatoms. The van der Waals surface area contributed by atoms with Gasteiger partial charge in [-0.2, -0.15) is 0 Å². The summed E-state index contributed by atoms with van der Waals surface area (Å²) in [6.45, 7) is 9.35. The van der Waals surface area contributed by atoms with E-state index in [2.05, 4.69) is 16.7 Å². The van der Waals surface area contributed by atoms with Crippen molar-refractivity contribution in [1.82, 2.24) is 0 Å². The normalized spacial score (nSPS) is 10.2. The van der Waals surface area contributed by atoms with Gasteiger partial charge in [0.15, 0.2) is 5.60 Å². The first kappa shape index (κ1) is 11.2. The average molecular weight is 168 g/mol. The number of rotatable bonds is 1. The quantitative estimate of drug-likeness (QED) is 0.370. The zero-order valence-corrected chi connectivity index (χ0v) is 8.36. The molecule has 0 saturated carbocycles. The average Bonchev–Trinajstić information content (AvgIpc) is 2.00. The molecular weight excluding hydrogens is 152 g/mol. The molecule has 12 heavy (non-hydrogen) atoms. The first-order valence-electron chi connectivity index (χ1n) is 3.89. The third-order valence-corrected chi connectivity index (χ3v) is 1.53. The lowest BCUT2D eigenvalue weighted by molar-refractivity contribution is -0.293. The minimum atomic E-state index is -0.781. The van der Waals surface area contributed by atoms with E-state index in [-0.39, 0.29) is 0 Å². The first-order chi connectivity index (χ1) is 5.39. The maximum Gasteiger partial charge on any atom is 0.158 e. The molecule has 0 aromatic rings. The van der Waals surface area contributed by atoms with Crippen molar-refractivity contribution in [2.24, 2.45) is 0 Å². The van der Waals surface area contributed by atoms with E-state index in [1.807, 2.05) is 20.8 Å². The largest absolute Gasteiger partial charge is 0.250 e. The molecule has 0 aromatic heterocycles. The molecule has 0 aromatic carbocycles. The van der Waals surface area contributed by atoms with E-state index in [0.29, 0.717) is 0 Å². The highest BCUT2D eigenvalue weighted by Crippen LogP contribution is 2.06. The van der Waals surface area contributed by atoms with Crippen molar-refractivity contribution in [1.29, 1.82) is 0 Å². The van der Waals surface area contributed by atoms with Crippen LogP contribution in [0.4, 0.5) is 0 Å². The monoisotopic (exact) mass is 168 g/mol. The van der Waals surface area contributed by atoms with Crippen molar-refractivity contribution in [2.45, 2.75) is 40.2 Å². The van der Waals surface area contributed by atoms with Crippen LogP contribution in [0.5, 0.6) is 0 Å². The van der Waals surface area contributed by atoms with Gasteiger partial charge in [-0.25, -0.2) is 4.89 Å². The van der Waals surface area contributed by atoms with Crippen molar-refractivity contribution in [3.8, 4) is 11.8 Å². The maximum absolute atomic E-state index is 8.43. The molecule has 0 unspecified atom stereocenters. The zero-order valence-electron chi connectivity index (χ0n) is 8.36. The van der Waals surface area contributed by atoms with Gasteiger partial charge in [-0.1, -0.05) is 17.4 Å². The zero-order chi connectivity index (χ0) is 9.78. The van der Waals surface area contributed by atoms with Crippen LogP contribution in [0.25, 0.3) is 0 Å². The molecular formula is C10H16O2. The predicted molar refractivity (Wildman–Crippen MR) is 49.6 cm³/mol. The van der Waals surface area contributed by atoms with Crippen molar-refractivity contribution in [2.75, 3.05) is 0 Å². The van der Waals surface area contributed by atoms with Crippen LogP contribution in [-0.2, 0) is 4.89 Å². The van der Waals surface area contributed by atoms with Gasteiger partial charge in [0.05, 0.1) is 0 Å². The van der Waals surface area contributed by atoms with E-state index in [4.69, 9.17) is 5.26 Å². The molecule has 0 fully saturated rings. The first-order valence-corrected chi connectivity index (χ1v) is 3.89. The number of hydrogen-bond donors (Lipinski definition) is 1. The Balaban J connectivity index is 4.52. The van der Waals surface area contributed by atoms with Gasteiger partial charge >= 0.3 is 0 Å². The Labute approximate surface area is 74.2 Å². The molecule has 0 aliphatic rings. The van der Waals surface area contributed by atoms with Gasteiger partial charge in [-0.15, -0.1) is 0 Å². The van der Waals surface area contributed by atoms with Gasteiger partial charge in [0.2, 0.25) is 0 Å². The van der Waals surface area contributed by atoms with Crippen LogP contribution in [0.15, 0.2) is 11.1 Å². The van der Waals surface area contributed by atoms with E-state index in [0.717, 1.165) is 5.57 Å². The second-order valence-electron chi connectivity index (χ2n) is 3.48. The molecule has 0 aliphatic carbocycles. The fourth-order valence-electron chi connectivity index (χ4n) is 0.392. The summed E-state index contributed by atoms with van der Waals surface area (Å²) in [4.78, 5) is 4.17. The lowest BCUT2D eigenvalue weighted by atomic mass is 10.1. The fourth-order valence-corrected chi connectivity index (χ4v) is 0.392. The van der Waals surface area contributed by atoms with Gasteiger partial charge in [0.1, 0.15) is 0 Å². The van der Waals surface area contributed by atoms with Crippen LogP contribution in [-0.4, -0.2) is 10.9 Å². The summed E-state index contributed by atoms with van der Waals surface area (Å²) in [5.41, 5.74) is 1.41. The Morgan fingerprint density at radius 2 is 1.75 bits per heavy atom. The Kier molecular flexibility index (Phi) is 4.02. The van der Waals surface area contributed by atoms with E-state index in [1.54, 1.807) is 13.8 Å². The molecule has 0 atom stereocenters. The van der Waals surface area contributed by atoms with Crippen LogP contribution >= 0.6 is 0 Å². The third-order valence-electron chi connectivity index (χ3n) is 1.53. The summed E-state index contributed by atoms with van der Waals surface area (Å²) in [5.74, 6) is 5.73. The van der Waals surface area contributed by atoms with Crippen molar-refractivity contribution in [3.63, 3.8) is 0 Å². The van der Waals surface area contributed by atoms with Crippen LogP contribution in [0, 0.1) is 11.8 Å². The predicted octanol–water partition coefficient (Wildman–Crippen LogP) is 2.61. The van der Waals surface area contributed by atoms with E-state index in [1.165, 1.54) is 5.57 Å². The molecule has 1 N–H and O–H groups in total. The van der Waals surface area contributed by atoms with Crippen molar-refractivity contribution in [3.05, 3.63) is 11.1 Å². The highest BCUT2D eigenvalue weighted by molar-refractivity contribution is 5.32. The standard InChI is InChI=1S/C10H16O2/c1-8(2)9(3)6-7-10(4,5)12-11/h11H,1-5H3. The topological polar surface area (TPSA) is 29.5 Å². The lowest BCUT2D eigenvalue weighted by Gasteiger charge is -2.11. The highest BCUT2D eigenvalue weighted by atomic mass is 17.1. The summed E-state index contributed by atoms with van der Waals surface area (Å²) in [7, 11) is 0. The molecule has 68 valence electrons. The number of hydrogen-bond acceptors (Lipinski definition) is 2. The Bertz CT molecular complexity index is 234. The minimum Gasteiger partial charge on any atom is -0.250 e. The van der Waals surface area contributed by atoms with Gasteiger partial charge < -0.3 is 0 Å². The van der Waals surface area contributed by atoms with E-state index < -0.39 is 5.60 Å². The summed E-state index contributed by atoms with van der Waals surface area (Å²) in [6.07, 6.45) is 0. The van der Waals surface area contributed by atoms with Crippen LogP contribution in [0.3, 0.4) is 0 Å². The maximum atomic E-state index is 8.43. The molecule has 0 spiro atoms. The molecule has 0 bridgehead atoms. The van der Waals surface area contributed by atoms with Crippen molar-refractivity contribution >= 4 is 0 Å². The second kappa shape index (κ2) is 4.30. The molecule has 0 rings (SSSR count). The SMILES string of the molecule is CC(C)=C(C)C#CC(C)(C)OO. The Morgan fingerprint density at radius 3 is 2.08 bits per heavy atom. The van der Waals surface area contributed by atoms with Gasteiger partial charge in [0, 0.05) is 0 Å². The van der Waals surface area contributed by atoms with Crippen LogP contribution < -0.4 is 0 Å². The minimum absolute atomic E-state index is 0.781. The van der Waals surface area contributed by atoms with Crippen molar-refractivity contribution < 1.29 is 10.1 Å². The van der Waals surface area contributed by atoms with Crippen LogP contribution in [0.1, 0.15) is 34.6 Å². The lowest BCUT2D eigenvalue weighted by Crippen LogP contribution is -2.19. The van der Waals surface area contributed by atoms with Gasteiger partial charge in [-0.05, 0) is 40.2 Å². The summed E-state index contributed by atoms with van der Waals surface area (Å²) >= 11 is 0. The van der Waals surface area contributed by atoms with Crippen LogP contribution in [0.2, 0.25) is 0 Å². The second-order valence-corrected chi connectivity index (χ2v) is 3.48. The van der Waals surface area contributed by atoms with Gasteiger partial charge in [-0.3, -0.25) is 5.26 Å². The molecule has 0 saturated heterocycles. The molecule has 0 heterocycles. The highest BCUT2D eigenvalue weighted by Gasteiger charge is 2.13. The molecule has 0 amide bonds. The van der Waals surface area contributed by atoms with Gasteiger partial charge in [0.25, 0.3) is 0 Å². The molecule has 2 nitrogen and oxygen atoms in total.